The molecule has 6 nitrogen and oxygen atoms in total. The molecule has 0 aliphatic rings. The zero-order valence-electron chi connectivity index (χ0n) is 18.3. The highest BCUT2D eigenvalue weighted by atomic mass is 19.1. The first-order valence-corrected chi connectivity index (χ1v) is 10.4. The molecule has 2 aromatic carbocycles. The van der Waals surface area contributed by atoms with E-state index < -0.39 is 5.82 Å². The Balaban J connectivity index is 1.38. The van der Waals surface area contributed by atoms with Gasteiger partial charge in [-0.25, -0.2) is 9.07 Å². The Morgan fingerprint density at radius 3 is 2.67 bits per heavy atom. The normalized spacial score (nSPS) is 11.0. The van der Waals surface area contributed by atoms with Gasteiger partial charge in [0, 0.05) is 30.1 Å². The number of hydrogen-bond donors (Lipinski definition) is 1. The molecule has 0 atom stereocenters. The predicted octanol–water partition coefficient (Wildman–Crippen LogP) is 5.15. The number of carbonyl (C=O) groups is 1. The highest BCUT2D eigenvalue weighted by molar-refractivity contribution is 5.92. The molecule has 1 N–H and O–H groups in total. The number of para-hydroxylation sites is 1. The minimum atomic E-state index is -0.513. The van der Waals surface area contributed by atoms with Crippen molar-refractivity contribution in [2.24, 2.45) is 0 Å². The summed E-state index contributed by atoms with van der Waals surface area (Å²) in [5, 5.41) is 7.35. The van der Waals surface area contributed by atoms with Gasteiger partial charge in [-0.15, -0.1) is 0 Å². The van der Waals surface area contributed by atoms with Crippen LogP contribution in [0.15, 0.2) is 79.1 Å². The SMILES string of the molecule is Cc1nn(-c2ccccc2)c(C)c1/C=C/C(=O)NCc1ccc(Oc2cccnc2)c(F)c1. The van der Waals surface area contributed by atoms with Gasteiger partial charge in [0.15, 0.2) is 11.6 Å². The van der Waals surface area contributed by atoms with Crippen LogP contribution in [0.5, 0.6) is 11.5 Å². The van der Waals surface area contributed by atoms with Crippen LogP contribution in [0, 0.1) is 19.7 Å². The first kappa shape index (κ1) is 22.0. The molecule has 33 heavy (non-hydrogen) atoms. The number of halogens is 1. The van der Waals surface area contributed by atoms with E-state index in [2.05, 4.69) is 15.4 Å². The van der Waals surface area contributed by atoms with Gasteiger partial charge in [0.25, 0.3) is 0 Å². The monoisotopic (exact) mass is 442 g/mol. The molecule has 0 radical (unpaired) electrons. The highest BCUT2D eigenvalue weighted by Gasteiger charge is 2.11. The third kappa shape index (κ3) is 5.33. The van der Waals surface area contributed by atoms with Gasteiger partial charge in [-0.3, -0.25) is 9.78 Å². The van der Waals surface area contributed by atoms with Crippen molar-refractivity contribution in [1.29, 1.82) is 0 Å². The third-order valence-corrected chi connectivity index (χ3v) is 5.07. The summed E-state index contributed by atoms with van der Waals surface area (Å²) < 4.78 is 21.7. The zero-order valence-corrected chi connectivity index (χ0v) is 18.3. The van der Waals surface area contributed by atoms with Gasteiger partial charge < -0.3 is 10.1 Å². The molecule has 0 saturated heterocycles. The van der Waals surface area contributed by atoms with E-state index in [0.717, 1.165) is 22.6 Å². The number of aryl methyl sites for hydroxylation is 1. The Bertz CT molecular complexity index is 1280. The fourth-order valence-electron chi connectivity index (χ4n) is 3.40. The van der Waals surface area contributed by atoms with Gasteiger partial charge in [0.05, 0.1) is 17.6 Å². The molecule has 0 unspecified atom stereocenters. The maximum Gasteiger partial charge on any atom is 0.244 e. The van der Waals surface area contributed by atoms with Crippen molar-refractivity contribution in [2.75, 3.05) is 0 Å². The van der Waals surface area contributed by atoms with Crippen molar-refractivity contribution >= 4 is 12.0 Å². The van der Waals surface area contributed by atoms with E-state index in [4.69, 9.17) is 4.74 Å². The number of carbonyl (C=O) groups excluding carboxylic acids is 1. The maximum atomic E-state index is 14.4. The molecule has 0 aliphatic heterocycles. The van der Waals surface area contributed by atoms with Crippen LogP contribution in [0.25, 0.3) is 11.8 Å². The number of hydrogen-bond acceptors (Lipinski definition) is 4. The molecule has 0 saturated carbocycles. The van der Waals surface area contributed by atoms with Gasteiger partial charge in [0.2, 0.25) is 5.91 Å². The van der Waals surface area contributed by atoms with Crippen molar-refractivity contribution in [2.45, 2.75) is 20.4 Å². The number of benzene rings is 2. The van der Waals surface area contributed by atoms with E-state index in [0.29, 0.717) is 11.3 Å². The number of pyridine rings is 1. The van der Waals surface area contributed by atoms with Crippen molar-refractivity contribution in [3.05, 3.63) is 107 Å². The lowest BCUT2D eigenvalue weighted by molar-refractivity contribution is -0.116. The van der Waals surface area contributed by atoms with E-state index in [9.17, 15) is 9.18 Å². The van der Waals surface area contributed by atoms with Gasteiger partial charge in [0.1, 0.15) is 5.75 Å². The number of amides is 1. The van der Waals surface area contributed by atoms with Crippen LogP contribution in [0.3, 0.4) is 0 Å². The summed E-state index contributed by atoms with van der Waals surface area (Å²) in [4.78, 5) is 16.3. The lowest BCUT2D eigenvalue weighted by atomic mass is 10.1. The summed E-state index contributed by atoms with van der Waals surface area (Å²) >= 11 is 0. The zero-order chi connectivity index (χ0) is 23.2. The Labute approximate surface area is 191 Å². The highest BCUT2D eigenvalue weighted by Crippen LogP contribution is 2.24. The second-order valence-corrected chi connectivity index (χ2v) is 7.44. The van der Waals surface area contributed by atoms with Crippen LogP contribution in [-0.4, -0.2) is 20.7 Å². The molecule has 1 amide bonds. The van der Waals surface area contributed by atoms with Crippen LogP contribution >= 0.6 is 0 Å². The number of nitrogens with zero attached hydrogens (tertiary/aromatic N) is 3. The van der Waals surface area contributed by atoms with Crippen LogP contribution in [0.4, 0.5) is 4.39 Å². The summed E-state index contributed by atoms with van der Waals surface area (Å²) in [6.45, 7) is 4.05. The molecule has 0 fully saturated rings. The molecule has 0 bridgehead atoms. The minimum Gasteiger partial charge on any atom is -0.453 e. The Morgan fingerprint density at radius 1 is 1.12 bits per heavy atom. The van der Waals surface area contributed by atoms with Crippen molar-refractivity contribution in [1.82, 2.24) is 20.1 Å². The molecule has 2 aromatic heterocycles. The first-order valence-electron chi connectivity index (χ1n) is 10.4. The van der Waals surface area contributed by atoms with Crippen molar-refractivity contribution in [3.8, 4) is 17.2 Å². The second-order valence-electron chi connectivity index (χ2n) is 7.44. The van der Waals surface area contributed by atoms with Gasteiger partial charge in [-0.05, 0) is 61.9 Å². The van der Waals surface area contributed by atoms with E-state index in [1.54, 1.807) is 30.5 Å². The minimum absolute atomic E-state index is 0.0966. The van der Waals surface area contributed by atoms with Crippen molar-refractivity contribution in [3.63, 3.8) is 0 Å². The standard InChI is InChI=1S/C26H23FN4O2/c1-18-23(19(2)31(30-18)21-7-4-3-5-8-21)11-13-26(32)29-16-20-10-12-25(24(27)15-20)33-22-9-6-14-28-17-22/h3-15,17H,16H2,1-2H3,(H,29,32)/b13-11+. The van der Waals surface area contributed by atoms with Crippen LogP contribution in [-0.2, 0) is 11.3 Å². The van der Waals surface area contributed by atoms with Gasteiger partial charge in [-0.2, -0.15) is 5.10 Å². The fourth-order valence-corrected chi connectivity index (χ4v) is 3.40. The maximum absolute atomic E-state index is 14.4. The smallest absolute Gasteiger partial charge is 0.244 e. The molecule has 166 valence electrons. The second kappa shape index (κ2) is 9.91. The number of rotatable bonds is 7. The van der Waals surface area contributed by atoms with Gasteiger partial charge in [-0.1, -0.05) is 24.3 Å². The van der Waals surface area contributed by atoms with Crippen molar-refractivity contribution < 1.29 is 13.9 Å². The molecular weight excluding hydrogens is 419 g/mol. The number of nitrogens with one attached hydrogen (secondary N) is 1. The van der Waals surface area contributed by atoms with Crippen LogP contribution in [0.1, 0.15) is 22.5 Å². The summed E-state index contributed by atoms with van der Waals surface area (Å²) in [6.07, 6.45) is 6.33. The summed E-state index contributed by atoms with van der Waals surface area (Å²) in [5.41, 5.74) is 4.23. The molecule has 4 rings (SSSR count). The lowest BCUT2D eigenvalue weighted by Crippen LogP contribution is -2.20. The Morgan fingerprint density at radius 2 is 1.94 bits per heavy atom. The fraction of sp³-hybridized carbons (Fsp3) is 0.115. The average molecular weight is 442 g/mol. The van der Waals surface area contributed by atoms with E-state index >= 15 is 0 Å². The van der Waals surface area contributed by atoms with E-state index in [-0.39, 0.29) is 18.2 Å². The summed E-state index contributed by atoms with van der Waals surface area (Å²) in [7, 11) is 0. The Kier molecular flexibility index (Phi) is 6.59. The average Bonchev–Trinajstić information content (AvgIpc) is 3.12. The Hall–Kier alpha value is -4.26. The largest absolute Gasteiger partial charge is 0.453 e. The molecule has 0 aliphatic carbocycles. The van der Waals surface area contributed by atoms with E-state index in [1.807, 2.05) is 48.9 Å². The molecule has 7 heteroatoms. The van der Waals surface area contributed by atoms with Crippen LogP contribution in [0.2, 0.25) is 0 Å². The molecule has 2 heterocycles. The topological polar surface area (TPSA) is 69.0 Å². The van der Waals surface area contributed by atoms with Gasteiger partial charge >= 0.3 is 0 Å². The number of ether oxygens (including phenoxy) is 1. The van der Waals surface area contributed by atoms with Crippen LogP contribution < -0.4 is 10.1 Å². The molecule has 4 aromatic rings. The predicted molar refractivity (Wildman–Crippen MR) is 125 cm³/mol. The first-order chi connectivity index (χ1) is 16.0. The summed E-state index contributed by atoms with van der Waals surface area (Å²) in [6, 6.07) is 17.8. The quantitative estimate of drug-likeness (QED) is 0.402. The third-order valence-electron chi connectivity index (χ3n) is 5.07. The molecule has 0 spiro atoms. The lowest BCUT2D eigenvalue weighted by Gasteiger charge is -2.08. The number of aromatic nitrogens is 3. The van der Waals surface area contributed by atoms with E-state index in [1.165, 1.54) is 24.4 Å². The molecular formula is C26H23FN4O2. The summed E-state index contributed by atoms with van der Waals surface area (Å²) in [5.74, 6) is -0.249.